The van der Waals surface area contributed by atoms with E-state index in [9.17, 15) is 4.79 Å². The lowest BCUT2D eigenvalue weighted by atomic mass is 10.5. The van der Waals surface area contributed by atoms with Gasteiger partial charge in [0.05, 0.1) is 26.5 Å². The Morgan fingerprint density at radius 3 is 2.33 bits per heavy atom. The molecule has 0 amide bonds. The van der Waals surface area contributed by atoms with Crippen molar-refractivity contribution in [3.8, 4) is 11.5 Å². The van der Waals surface area contributed by atoms with Gasteiger partial charge in [-0.3, -0.25) is 13.8 Å². The summed E-state index contributed by atoms with van der Waals surface area (Å²) in [4.78, 5) is 11.9. The van der Waals surface area contributed by atoms with Crippen LogP contribution < -0.4 is 14.8 Å². The summed E-state index contributed by atoms with van der Waals surface area (Å²) < 4.78 is 23.0. The number of hydrogen-bond acceptors (Lipinski definition) is 7. The van der Waals surface area contributed by atoms with Crippen molar-refractivity contribution in [3.63, 3.8) is 0 Å². The number of methoxy groups -OCH3 is 1. The molecular formula is C12H21N2O5PS. The maximum Gasteiger partial charge on any atom is 0.380 e. The molecule has 9 heteroatoms. The highest BCUT2D eigenvalue weighted by molar-refractivity contribution is 8.07. The molecule has 0 radical (unpaired) electrons. The third-order valence-electron chi connectivity index (χ3n) is 2.38. The highest BCUT2D eigenvalue weighted by Crippen LogP contribution is 2.51. The zero-order valence-corrected chi connectivity index (χ0v) is 14.4. The lowest BCUT2D eigenvalue weighted by Crippen LogP contribution is -2.21. The standard InChI is InChI=1S/C12H21N2O5PS/c1-5-7-17-20(21,18-8-6-2)19-10-9-13-14(3)12(15)11(10)16-4/h9H,5-8H2,1-4H3. The van der Waals surface area contributed by atoms with Gasteiger partial charge in [0.2, 0.25) is 5.75 Å². The molecule has 0 atom stereocenters. The molecule has 0 unspecified atom stereocenters. The van der Waals surface area contributed by atoms with Crippen molar-refractivity contribution in [1.29, 1.82) is 0 Å². The zero-order valence-electron chi connectivity index (χ0n) is 12.7. The first-order valence-corrected chi connectivity index (χ1v) is 9.22. The number of nitrogens with zero attached hydrogens (tertiary/aromatic N) is 2. The van der Waals surface area contributed by atoms with Crippen molar-refractivity contribution in [3.05, 3.63) is 16.6 Å². The number of hydrogen-bond donors (Lipinski definition) is 0. The van der Waals surface area contributed by atoms with Crippen molar-refractivity contribution < 1.29 is 18.3 Å². The van der Waals surface area contributed by atoms with E-state index in [0.717, 1.165) is 17.5 Å². The van der Waals surface area contributed by atoms with Gasteiger partial charge in [-0.05, 0) is 12.8 Å². The first-order valence-electron chi connectivity index (χ1n) is 6.66. The molecule has 21 heavy (non-hydrogen) atoms. The van der Waals surface area contributed by atoms with Gasteiger partial charge in [0, 0.05) is 18.9 Å². The molecule has 0 N–H and O–H groups in total. The van der Waals surface area contributed by atoms with Crippen LogP contribution in [0.1, 0.15) is 26.7 Å². The molecule has 1 rings (SSSR count). The number of rotatable bonds is 9. The molecule has 0 bridgehead atoms. The molecule has 0 aliphatic heterocycles. The fourth-order valence-electron chi connectivity index (χ4n) is 1.37. The second kappa shape index (κ2) is 8.48. The van der Waals surface area contributed by atoms with Crippen LogP contribution in [0.25, 0.3) is 0 Å². The van der Waals surface area contributed by atoms with Crippen molar-refractivity contribution in [2.24, 2.45) is 7.05 Å². The molecule has 0 saturated heterocycles. The molecule has 0 fully saturated rings. The normalized spacial score (nSPS) is 11.4. The summed E-state index contributed by atoms with van der Waals surface area (Å²) in [7, 11) is 2.90. The average molecular weight is 336 g/mol. The third kappa shape index (κ3) is 5.07. The van der Waals surface area contributed by atoms with Crippen LogP contribution in [-0.2, 0) is 27.9 Å². The first-order chi connectivity index (χ1) is 9.97. The molecule has 0 saturated carbocycles. The van der Waals surface area contributed by atoms with Crippen LogP contribution in [0.3, 0.4) is 0 Å². The smallest absolute Gasteiger partial charge is 0.380 e. The largest absolute Gasteiger partial charge is 0.488 e. The van der Waals surface area contributed by atoms with Gasteiger partial charge in [0.15, 0.2) is 5.75 Å². The van der Waals surface area contributed by atoms with Crippen molar-refractivity contribution >= 4 is 18.5 Å². The topological polar surface area (TPSA) is 71.8 Å². The van der Waals surface area contributed by atoms with Crippen LogP contribution in [0.5, 0.6) is 11.5 Å². The van der Waals surface area contributed by atoms with Gasteiger partial charge in [0.1, 0.15) is 0 Å². The Morgan fingerprint density at radius 2 is 1.86 bits per heavy atom. The minimum absolute atomic E-state index is 0.0296. The minimum Gasteiger partial charge on any atom is -0.488 e. The second-order valence-corrected chi connectivity index (χ2v) is 7.11. The second-order valence-electron chi connectivity index (χ2n) is 4.18. The van der Waals surface area contributed by atoms with E-state index in [1.807, 2.05) is 13.8 Å². The molecule has 0 aliphatic carbocycles. The number of ether oxygens (including phenoxy) is 1. The van der Waals surface area contributed by atoms with Crippen LogP contribution in [0.4, 0.5) is 0 Å². The molecule has 1 heterocycles. The van der Waals surface area contributed by atoms with Gasteiger partial charge in [-0.2, -0.15) is 5.10 Å². The summed E-state index contributed by atoms with van der Waals surface area (Å²) in [6.07, 6.45) is 2.93. The van der Waals surface area contributed by atoms with E-state index in [0.29, 0.717) is 13.2 Å². The van der Waals surface area contributed by atoms with Crippen LogP contribution >= 0.6 is 6.72 Å². The molecule has 0 aromatic carbocycles. The average Bonchev–Trinajstić information content (AvgIpc) is 2.47. The van der Waals surface area contributed by atoms with Crippen LogP contribution in [0.2, 0.25) is 0 Å². The Morgan fingerprint density at radius 1 is 1.29 bits per heavy atom. The fraction of sp³-hybridized carbons (Fsp3) is 0.667. The summed E-state index contributed by atoms with van der Waals surface area (Å²) in [5, 5.41) is 3.89. The lowest BCUT2D eigenvalue weighted by Gasteiger charge is -2.22. The lowest BCUT2D eigenvalue weighted by molar-refractivity contribution is 0.200. The molecular weight excluding hydrogens is 315 g/mol. The van der Waals surface area contributed by atoms with Crippen LogP contribution in [-0.4, -0.2) is 30.1 Å². The summed E-state index contributed by atoms with van der Waals surface area (Å²) in [6.45, 7) is 1.77. The SMILES string of the molecule is CCCOP(=S)(OCCC)Oc1cnn(C)c(=O)c1OC. The van der Waals surface area contributed by atoms with Crippen molar-refractivity contribution in [2.45, 2.75) is 26.7 Å². The first kappa shape index (κ1) is 18.1. The molecule has 7 nitrogen and oxygen atoms in total. The van der Waals surface area contributed by atoms with Gasteiger partial charge < -0.3 is 9.26 Å². The monoisotopic (exact) mass is 336 g/mol. The number of aryl methyl sites for hydroxylation is 1. The molecule has 1 aromatic rings. The summed E-state index contributed by atoms with van der Waals surface area (Å²) in [5.74, 6) is 0.165. The summed E-state index contributed by atoms with van der Waals surface area (Å²) in [6, 6.07) is 0. The van der Waals surface area contributed by atoms with Crippen LogP contribution in [0.15, 0.2) is 11.0 Å². The van der Waals surface area contributed by atoms with E-state index >= 15 is 0 Å². The Bertz CT molecular complexity index is 551. The maximum absolute atomic E-state index is 11.9. The van der Waals surface area contributed by atoms with Gasteiger partial charge >= 0.3 is 12.3 Å². The van der Waals surface area contributed by atoms with E-state index in [2.05, 4.69) is 5.10 Å². The van der Waals surface area contributed by atoms with E-state index in [1.54, 1.807) is 0 Å². The molecule has 0 spiro atoms. The minimum atomic E-state index is -2.98. The van der Waals surface area contributed by atoms with Crippen molar-refractivity contribution in [1.82, 2.24) is 9.78 Å². The Balaban J connectivity index is 3.05. The molecule has 1 aromatic heterocycles. The Hall–Kier alpha value is -0.950. The quantitative estimate of drug-likeness (QED) is 0.640. The van der Waals surface area contributed by atoms with Crippen molar-refractivity contribution in [2.75, 3.05) is 20.3 Å². The predicted molar refractivity (Wildman–Crippen MR) is 83.4 cm³/mol. The fourth-order valence-corrected chi connectivity index (χ4v) is 3.42. The van der Waals surface area contributed by atoms with E-state index in [4.69, 9.17) is 30.1 Å². The van der Waals surface area contributed by atoms with E-state index in [-0.39, 0.29) is 11.5 Å². The van der Waals surface area contributed by atoms with Gasteiger partial charge in [0.25, 0.3) is 0 Å². The van der Waals surface area contributed by atoms with E-state index in [1.165, 1.54) is 20.4 Å². The Labute approximate surface area is 129 Å². The highest BCUT2D eigenvalue weighted by Gasteiger charge is 2.25. The van der Waals surface area contributed by atoms with Gasteiger partial charge in [-0.25, -0.2) is 4.68 Å². The van der Waals surface area contributed by atoms with Crippen LogP contribution in [0, 0.1) is 0 Å². The van der Waals surface area contributed by atoms with E-state index < -0.39 is 12.3 Å². The highest BCUT2D eigenvalue weighted by atomic mass is 32.5. The Kier molecular flexibility index (Phi) is 7.31. The number of aromatic nitrogens is 2. The predicted octanol–water partition coefficient (Wildman–Crippen LogP) is 2.25. The van der Waals surface area contributed by atoms with Gasteiger partial charge in [-0.1, -0.05) is 13.8 Å². The summed E-state index contributed by atoms with van der Waals surface area (Å²) in [5.41, 5.74) is -0.414. The molecule has 0 aliphatic rings. The zero-order chi connectivity index (χ0) is 15.9. The maximum atomic E-state index is 11.9. The summed E-state index contributed by atoms with van der Waals surface area (Å²) >= 11 is 5.35. The van der Waals surface area contributed by atoms with Gasteiger partial charge in [-0.15, -0.1) is 0 Å². The third-order valence-corrected chi connectivity index (χ3v) is 4.66. The molecule has 120 valence electrons.